The maximum atomic E-state index is 2.00. The molecule has 0 aliphatic heterocycles. The van der Waals surface area contributed by atoms with E-state index in [0.29, 0.717) is 0 Å². The zero-order chi connectivity index (χ0) is 8.65. The van der Waals surface area contributed by atoms with Gasteiger partial charge in [-0.1, -0.05) is 0 Å². The summed E-state index contributed by atoms with van der Waals surface area (Å²) in [5.74, 6) is 0. The zero-order valence-electron chi connectivity index (χ0n) is 9.42. The zero-order valence-corrected chi connectivity index (χ0v) is 11.9. The van der Waals surface area contributed by atoms with Crippen LogP contribution in [-0.2, 0) is 24.2 Å². The van der Waals surface area contributed by atoms with Crippen molar-refractivity contribution in [2.24, 2.45) is 0 Å². The van der Waals surface area contributed by atoms with E-state index in [1.165, 1.54) is 32.1 Å². The smallest absolute Gasteiger partial charge is 0.172 e. The summed E-state index contributed by atoms with van der Waals surface area (Å²) in [7, 11) is 0. The van der Waals surface area contributed by atoms with Gasteiger partial charge >= 0.3 is 59.5 Å². The van der Waals surface area contributed by atoms with Gasteiger partial charge in [-0.25, -0.2) is 12.1 Å². The molecular weight excluding hydrogens is 247 g/mol. The van der Waals surface area contributed by atoms with Crippen LogP contribution in [0.25, 0.3) is 0 Å². The van der Waals surface area contributed by atoms with Crippen molar-refractivity contribution in [3.8, 4) is 0 Å². The molecule has 14 heavy (non-hydrogen) atoms. The Morgan fingerprint density at radius 3 is 1.64 bits per heavy atom. The molecule has 0 aromatic heterocycles. The number of hydrogen-bond donors (Lipinski definition) is 0. The van der Waals surface area contributed by atoms with Crippen molar-refractivity contribution < 1.29 is 24.2 Å². The summed E-state index contributed by atoms with van der Waals surface area (Å²) in [4.78, 5) is 0. The molecule has 0 spiro atoms. The average molecular weight is 269 g/mol. The monoisotopic (exact) mass is 267 g/mol. The number of rotatable bonds is 0. The van der Waals surface area contributed by atoms with E-state index in [0.717, 1.165) is 0 Å². The molecule has 1 aromatic rings. The largest absolute Gasteiger partial charge is 0.214 e. The molecule has 0 nitrogen and oxygen atoms in total. The molecule has 1 heteroatoms. The Hall–Kier alpha value is 0.103. The fraction of sp³-hybridized carbons (Fsp3) is 0.385. The van der Waals surface area contributed by atoms with Crippen molar-refractivity contribution >= 4 is 3.21 Å². The molecule has 0 saturated heterocycles. The van der Waals surface area contributed by atoms with Crippen molar-refractivity contribution in [3.63, 3.8) is 0 Å². The van der Waals surface area contributed by atoms with Gasteiger partial charge < -0.3 is 14.9 Å². The van der Waals surface area contributed by atoms with Crippen molar-refractivity contribution in [1.82, 2.24) is 0 Å². The van der Waals surface area contributed by atoms with Gasteiger partial charge in [0.1, 0.15) is 0 Å². The quantitative estimate of drug-likeness (QED) is 0.625. The summed E-state index contributed by atoms with van der Waals surface area (Å²) in [6, 6.07) is 10.0. The van der Waals surface area contributed by atoms with Gasteiger partial charge in [0, 0.05) is 0 Å². The summed E-state index contributed by atoms with van der Waals surface area (Å²) in [6.07, 6.45) is 7.32. The van der Waals surface area contributed by atoms with Gasteiger partial charge in [0.05, 0.1) is 0 Å². The fourth-order valence-corrected chi connectivity index (χ4v) is 2.17. The fourth-order valence-electron chi connectivity index (χ4n) is 1.30. The normalized spacial score (nSPS) is 14.1. The summed E-state index contributed by atoms with van der Waals surface area (Å²) in [5, 5.41) is 0. The molecule has 0 radical (unpaired) electrons. The Morgan fingerprint density at radius 1 is 0.929 bits per heavy atom. The molecule has 2 rings (SSSR count). The second kappa shape index (κ2) is 11.2. The van der Waals surface area contributed by atoms with Gasteiger partial charge in [-0.15, -0.1) is 0 Å². The van der Waals surface area contributed by atoms with Crippen molar-refractivity contribution in [3.05, 3.63) is 45.2 Å². The standard InChI is InChI=1S/C6H10.C5H5.2CH3.Zr/c1-2-4-6-5-3-1;1-2-4-5-3-1;;;/h1-5H2;1-5H;2*1H3;/q;3*-1;. The van der Waals surface area contributed by atoms with Crippen LogP contribution < -0.4 is 0 Å². The molecule has 0 atom stereocenters. The van der Waals surface area contributed by atoms with Crippen LogP contribution in [0.15, 0.2) is 30.3 Å². The van der Waals surface area contributed by atoms with Crippen LogP contribution >= 0.6 is 0 Å². The second-order valence-corrected chi connectivity index (χ2v) is 4.86. The molecule has 1 aliphatic carbocycles. The van der Waals surface area contributed by atoms with Crippen molar-refractivity contribution in [2.45, 2.75) is 32.1 Å². The minimum absolute atomic E-state index is 0. The molecule has 1 aromatic carbocycles. The van der Waals surface area contributed by atoms with E-state index < -0.39 is 0 Å². The second-order valence-electron chi connectivity index (χ2n) is 3.13. The van der Waals surface area contributed by atoms with Gasteiger partial charge in [0.15, 0.2) is 0 Å². The van der Waals surface area contributed by atoms with E-state index in [9.17, 15) is 0 Å². The third-order valence-corrected chi connectivity index (χ3v) is 3.24. The predicted octanol–water partition coefficient (Wildman–Crippen LogP) is 3.98. The molecule has 0 bridgehead atoms. The predicted molar refractivity (Wildman–Crippen MR) is 63.0 cm³/mol. The third kappa shape index (κ3) is 8.69. The van der Waals surface area contributed by atoms with E-state index in [1.54, 1.807) is 27.4 Å². The van der Waals surface area contributed by atoms with Gasteiger partial charge in [-0.05, 0) is 0 Å². The molecular formula is C13H21Zr-3. The van der Waals surface area contributed by atoms with Crippen LogP contribution in [0.3, 0.4) is 0 Å². The molecule has 80 valence electrons. The first-order valence-corrected chi connectivity index (χ1v) is 5.85. The minimum Gasteiger partial charge on any atom is -0.214 e. The summed E-state index contributed by atoms with van der Waals surface area (Å²) < 4.78 is 1.80. The van der Waals surface area contributed by atoms with Crippen LogP contribution in [-0.4, -0.2) is 3.21 Å². The average Bonchev–Trinajstić information content (AvgIpc) is 2.62. The van der Waals surface area contributed by atoms with Crippen molar-refractivity contribution in [1.29, 1.82) is 0 Å². The van der Waals surface area contributed by atoms with E-state index in [1.807, 2.05) is 30.3 Å². The van der Waals surface area contributed by atoms with Crippen LogP contribution in [0.4, 0.5) is 0 Å². The third-order valence-electron chi connectivity index (χ3n) is 2.01. The van der Waals surface area contributed by atoms with Gasteiger partial charge in [-0.3, -0.25) is 0 Å². The van der Waals surface area contributed by atoms with Crippen molar-refractivity contribution in [2.75, 3.05) is 0 Å². The number of hydrogen-bond acceptors (Lipinski definition) is 0. The first-order valence-electron chi connectivity index (χ1n) is 4.62. The van der Waals surface area contributed by atoms with E-state index in [2.05, 4.69) is 0 Å². The molecule has 0 N–H and O–H groups in total. The molecule has 1 aliphatic rings. The molecule has 0 unspecified atom stereocenters. The van der Waals surface area contributed by atoms with Gasteiger partial charge in [0.25, 0.3) is 0 Å². The first kappa shape index (κ1) is 16.5. The summed E-state index contributed by atoms with van der Waals surface area (Å²) in [6.45, 7) is 0. The molecule has 0 heterocycles. The Balaban J connectivity index is 0. The SMILES string of the molecule is [CH3-].[CH3-].[Zr]=[C]1CCCCC1.c1cc[cH-]c1. The Morgan fingerprint density at radius 2 is 1.43 bits per heavy atom. The summed E-state index contributed by atoms with van der Waals surface area (Å²) in [5.41, 5.74) is 0. The molecule has 1 saturated carbocycles. The van der Waals surface area contributed by atoms with Crippen LogP contribution in [0, 0.1) is 14.9 Å². The molecule has 0 amide bonds. The summed E-state index contributed by atoms with van der Waals surface area (Å²) >= 11 is 1.69. The minimum atomic E-state index is 0. The maximum Gasteiger partial charge on any atom is -0.172 e. The van der Waals surface area contributed by atoms with E-state index in [-0.39, 0.29) is 14.9 Å². The maximum absolute atomic E-state index is 2.00. The topological polar surface area (TPSA) is 0 Å². The molecule has 1 fully saturated rings. The van der Waals surface area contributed by atoms with Gasteiger partial charge in [0.2, 0.25) is 0 Å². The Kier molecular flexibility index (Phi) is 13.2. The van der Waals surface area contributed by atoms with E-state index >= 15 is 0 Å². The first-order chi connectivity index (χ1) is 5.89. The Labute approximate surface area is 104 Å². The Bertz CT molecular complexity index is 174. The van der Waals surface area contributed by atoms with Crippen LogP contribution in [0.1, 0.15) is 32.1 Å². The van der Waals surface area contributed by atoms with Crippen LogP contribution in [0.2, 0.25) is 0 Å². The van der Waals surface area contributed by atoms with Gasteiger partial charge in [-0.2, -0.15) is 18.2 Å². The van der Waals surface area contributed by atoms with Crippen LogP contribution in [0.5, 0.6) is 0 Å². The van der Waals surface area contributed by atoms with E-state index in [4.69, 9.17) is 0 Å².